The Bertz CT molecular complexity index is 367. The summed E-state index contributed by atoms with van der Waals surface area (Å²) >= 11 is 0. The molecule has 2 heterocycles. The van der Waals surface area contributed by atoms with E-state index in [0.717, 1.165) is 18.5 Å². The van der Waals surface area contributed by atoms with Gasteiger partial charge in [0, 0.05) is 38.1 Å². The molecule has 1 aromatic rings. The number of hydrogen-bond donors (Lipinski definition) is 1. The second-order valence-corrected chi connectivity index (χ2v) is 5.62. The quantitative estimate of drug-likeness (QED) is 0.833. The van der Waals surface area contributed by atoms with Crippen molar-refractivity contribution in [1.29, 1.82) is 0 Å². The fourth-order valence-electron chi connectivity index (χ4n) is 2.89. The van der Waals surface area contributed by atoms with Gasteiger partial charge in [0.1, 0.15) is 0 Å². The van der Waals surface area contributed by atoms with Crippen molar-refractivity contribution < 1.29 is 0 Å². The molecule has 1 N–H and O–H groups in total. The van der Waals surface area contributed by atoms with Crippen molar-refractivity contribution in [3.8, 4) is 0 Å². The fourth-order valence-corrected chi connectivity index (χ4v) is 2.89. The molecule has 0 aromatic carbocycles. The number of aromatic nitrogens is 1. The zero-order valence-corrected chi connectivity index (χ0v) is 10.7. The molecular formula is C14H23N3. The van der Waals surface area contributed by atoms with Gasteiger partial charge >= 0.3 is 0 Å². The summed E-state index contributed by atoms with van der Waals surface area (Å²) in [6.07, 6.45) is 6.39. The summed E-state index contributed by atoms with van der Waals surface area (Å²) < 4.78 is 2.19. The van der Waals surface area contributed by atoms with Crippen molar-refractivity contribution in [3.63, 3.8) is 0 Å². The molecule has 0 spiro atoms. The van der Waals surface area contributed by atoms with Gasteiger partial charge in [-0.3, -0.25) is 0 Å². The Morgan fingerprint density at radius 3 is 2.94 bits per heavy atom. The van der Waals surface area contributed by atoms with Crippen LogP contribution in [0.4, 0.5) is 0 Å². The molecule has 1 atom stereocenters. The first-order chi connectivity index (χ1) is 8.33. The molecule has 3 rings (SSSR count). The van der Waals surface area contributed by atoms with E-state index in [1.807, 2.05) is 0 Å². The van der Waals surface area contributed by atoms with E-state index in [9.17, 15) is 0 Å². The normalized spacial score (nSPS) is 25.6. The summed E-state index contributed by atoms with van der Waals surface area (Å²) in [7, 11) is 2.11. The van der Waals surface area contributed by atoms with E-state index in [1.165, 1.54) is 44.6 Å². The third-order valence-corrected chi connectivity index (χ3v) is 4.17. The summed E-state index contributed by atoms with van der Waals surface area (Å²) in [5, 5.41) is 3.60. The van der Waals surface area contributed by atoms with E-state index in [1.54, 1.807) is 0 Å². The molecule has 1 saturated carbocycles. The molecule has 0 unspecified atom stereocenters. The average Bonchev–Trinajstić information content (AvgIpc) is 2.94. The molecule has 1 saturated heterocycles. The smallest absolute Gasteiger partial charge is 0.0359 e. The molecule has 0 radical (unpaired) electrons. The van der Waals surface area contributed by atoms with Crippen LogP contribution in [0.5, 0.6) is 0 Å². The minimum absolute atomic E-state index is 0.871. The van der Waals surface area contributed by atoms with Gasteiger partial charge in [-0.25, -0.2) is 0 Å². The Kier molecular flexibility index (Phi) is 3.21. The van der Waals surface area contributed by atoms with E-state index in [-0.39, 0.29) is 0 Å². The molecule has 1 aromatic heterocycles. The first-order valence-electron chi connectivity index (χ1n) is 6.88. The van der Waals surface area contributed by atoms with Crippen molar-refractivity contribution >= 4 is 0 Å². The maximum absolute atomic E-state index is 3.60. The van der Waals surface area contributed by atoms with Gasteiger partial charge in [-0.05, 0) is 50.4 Å². The summed E-state index contributed by atoms with van der Waals surface area (Å²) in [6, 6.07) is 5.26. The summed E-state index contributed by atoms with van der Waals surface area (Å²) in [5.74, 6) is 0.871. The molecule has 1 aliphatic carbocycles. The first kappa shape index (κ1) is 11.3. The average molecular weight is 233 g/mol. The second kappa shape index (κ2) is 4.83. The lowest BCUT2D eigenvalue weighted by Gasteiger charge is -2.15. The predicted octanol–water partition coefficient (Wildman–Crippen LogP) is 1.60. The Balaban J connectivity index is 1.39. The number of hydrogen-bond acceptors (Lipinski definition) is 2. The summed E-state index contributed by atoms with van der Waals surface area (Å²) in [6.45, 7) is 4.84. The molecule has 1 aliphatic heterocycles. The highest BCUT2D eigenvalue weighted by molar-refractivity contribution is 5.06. The van der Waals surface area contributed by atoms with Crippen molar-refractivity contribution in [2.24, 2.45) is 13.0 Å². The van der Waals surface area contributed by atoms with Crippen LogP contribution in [0.25, 0.3) is 0 Å². The molecule has 2 aliphatic rings. The van der Waals surface area contributed by atoms with Crippen LogP contribution in [-0.2, 0) is 13.6 Å². The third-order valence-electron chi connectivity index (χ3n) is 4.17. The SMILES string of the molecule is Cn1cccc1CNC[C@H]1CCN(C2CC2)C1. The largest absolute Gasteiger partial charge is 0.353 e. The molecule has 0 amide bonds. The predicted molar refractivity (Wildman–Crippen MR) is 69.8 cm³/mol. The highest BCUT2D eigenvalue weighted by Crippen LogP contribution is 2.31. The zero-order chi connectivity index (χ0) is 11.7. The number of nitrogens with one attached hydrogen (secondary N) is 1. The lowest BCUT2D eigenvalue weighted by atomic mass is 10.1. The van der Waals surface area contributed by atoms with Crippen molar-refractivity contribution in [1.82, 2.24) is 14.8 Å². The van der Waals surface area contributed by atoms with E-state index < -0.39 is 0 Å². The molecule has 0 bridgehead atoms. The maximum atomic E-state index is 3.60. The van der Waals surface area contributed by atoms with E-state index in [0.29, 0.717) is 0 Å². The van der Waals surface area contributed by atoms with Gasteiger partial charge < -0.3 is 14.8 Å². The lowest BCUT2D eigenvalue weighted by molar-refractivity contribution is 0.311. The summed E-state index contributed by atoms with van der Waals surface area (Å²) in [5.41, 5.74) is 1.38. The van der Waals surface area contributed by atoms with Crippen LogP contribution in [0.2, 0.25) is 0 Å². The van der Waals surface area contributed by atoms with E-state index >= 15 is 0 Å². The molecule has 94 valence electrons. The Morgan fingerprint density at radius 2 is 2.24 bits per heavy atom. The van der Waals surface area contributed by atoms with Crippen LogP contribution in [0, 0.1) is 5.92 Å². The summed E-state index contributed by atoms with van der Waals surface area (Å²) in [4.78, 5) is 2.69. The van der Waals surface area contributed by atoms with Crippen LogP contribution in [-0.4, -0.2) is 35.1 Å². The van der Waals surface area contributed by atoms with Crippen LogP contribution in [0.1, 0.15) is 25.0 Å². The van der Waals surface area contributed by atoms with Gasteiger partial charge in [0.25, 0.3) is 0 Å². The van der Waals surface area contributed by atoms with Crippen molar-refractivity contribution in [2.45, 2.75) is 31.8 Å². The Morgan fingerprint density at radius 1 is 1.35 bits per heavy atom. The number of rotatable bonds is 5. The van der Waals surface area contributed by atoms with E-state index in [2.05, 4.69) is 40.2 Å². The van der Waals surface area contributed by atoms with Gasteiger partial charge in [-0.1, -0.05) is 0 Å². The highest BCUT2D eigenvalue weighted by atomic mass is 15.2. The minimum atomic E-state index is 0.871. The third kappa shape index (κ3) is 2.72. The standard InChI is InChI=1S/C14H23N3/c1-16-7-2-3-14(16)10-15-9-12-6-8-17(11-12)13-4-5-13/h2-3,7,12-13,15H,4-6,8-11H2,1H3/t12-/m1/s1. The van der Waals surface area contributed by atoms with Gasteiger partial charge in [-0.2, -0.15) is 0 Å². The molecule has 2 fully saturated rings. The number of likely N-dealkylation sites (tertiary alicyclic amines) is 1. The molecule has 17 heavy (non-hydrogen) atoms. The lowest BCUT2D eigenvalue weighted by Crippen LogP contribution is -2.27. The van der Waals surface area contributed by atoms with Crippen molar-refractivity contribution in [2.75, 3.05) is 19.6 Å². The topological polar surface area (TPSA) is 20.2 Å². The van der Waals surface area contributed by atoms with Crippen molar-refractivity contribution in [3.05, 3.63) is 24.0 Å². The number of nitrogens with zero attached hydrogens (tertiary/aromatic N) is 2. The van der Waals surface area contributed by atoms with Gasteiger partial charge in [0.2, 0.25) is 0 Å². The highest BCUT2D eigenvalue weighted by Gasteiger charge is 2.33. The molecular weight excluding hydrogens is 210 g/mol. The number of aryl methyl sites for hydroxylation is 1. The van der Waals surface area contributed by atoms with E-state index in [4.69, 9.17) is 0 Å². The zero-order valence-electron chi connectivity index (χ0n) is 10.7. The second-order valence-electron chi connectivity index (χ2n) is 5.62. The molecule has 3 heteroatoms. The van der Waals surface area contributed by atoms with Gasteiger partial charge in [0.15, 0.2) is 0 Å². The minimum Gasteiger partial charge on any atom is -0.353 e. The van der Waals surface area contributed by atoms with Gasteiger partial charge in [-0.15, -0.1) is 0 Å². The molecule has 3 nitrogen and oxygen atoms in total. The van der Waals surface area contributed by atoms with Crippen LogP contribution in [0.3, 0.4) is 0 Å². The van der Waals surface area contributed by atoms with Crippen LogP contribution >= 0.6 is 0 Å². The first-order valence-corrected chi connectivity index (χ1v) is 6.88. The fraction of sp³-hybridized carbons (Fsp3) is 0.714. The van der Waals surface area contributed by atoms with Crippen LogP contribution < -0.4 is 5.32 Å². The van der Waals surface area contributed by atoms with Gasteiger partial charge in [0.05, 0.1) is 0 Å². The Labute approximate surface area is 104 Å². The Hall–Kier alpha value is -0.800. The van der Waals surface area contributed by atoms with Crippen LogP contribution in [0.15, 0.2) is 18.3 Å². The monoisotopic (exact) mass is 233 g/mol. The maximum Gasteiger partial charge on any atom is 0.0359 e.